The van der Waals surface area contributed by atoms with Gasteiger partial charge in [0.15, 0.2) is 5.82 Å². The molecular formula is C14H12N4. The van der Waals surface area contributed by atoms with E-state index in [1.807, 2.05) is 49.4 Å². The van der Waals surface area contributed by atoms with Crippen molar-refractivity contribution >= 4 is 16.6 Å². The van der Waals surface area contributed by atoms with Crippen molar-refractivity contribution in [2.45, 2.75) is 6.92 Å². The molecule has 0 fully saturated rings. The van der Waals surface area contributed by atoms with Gasteiger partial charge in [-0.1, -0.05) is 30.3 Å². The van der Waals surface area contributed by atoms with Gasteiger partial charge in [-0.05, 0) is 19.1 Å². The van der Waals surface area contributed by atoms with Crippen LogP contribution in [0.3, 0.4) is 0 Å². The Morgan fingerprint density at radius 1 is 0.889 bits per heavy atom. The highest BCUT2D eigenvalue weighted by Gasteiger charge is 2.09. The number of benzene rings is 1. The molecule has 3 aromatic rings. The summed E-state index contributed by atoms with van der Waals surface area (Å²) in [5.74, 6) is 0.446. The fourth-order valence-electron chi connectivity index (χ4n) is 1.99. The minimum atomic E-state index is 0.446. The van der Waals surface area contributed by atoms with Gasteiger partial charge in [0.25, 0.3) is 0 Å². The number of nitrogens with two attached hydrogens (primary N) is 1. The molecule has 3 rings (SSSR count). The van der Waals surface area contributed by atoms with Crippen LogP contribution in [0.1, 0.15) is 5.69 Å². The Labute approximate surface area is 105 Å². The van der Waals surface area contributed by atoms with Gasteiger partial charge in [-0.25, -0.2) is 0 Å². The van der Waals surface area contributed by atoms with Crippen LogP contribution >= 0.6 is 0 Å². The molecule has 0 atom stereocenters. The molecule has 88 valence electrons. The Bertz CT molecular complexity index is 722. The van der Waals surface area contributed by atoms with Crippen LogP contribution in [-0.2, 0) is 0 Å². The molecule has 2 N–H and O–H groups in total. The lowest BCUT2D eigenvalue weighted by Crippen LogP contribution is -1.98. The number of nitrogen functional groups attached to an aromatic ring is 1. The fourth-order valence-corrected chi connectivity index (χ4v) is 1.99. The van der Waals surface area contributed by atoms with Gasteiger partial charge in [-0.2, -0.15) is 0 Å². The largest absolute Gasteiger partial charge is 0.382 e. The summed E-state index contributed by atoms with van der Waals surface area (Å²) in [6, 6.07) is 13.7. The van der Waals surface area contributed by atoms with Crippen molar-refractivity contribution in [2.75, 3.05) is 5.73 Å². The average molecular weight is 236 g/mol. The quantitative estimate of drug-likeness (QED) is 0.705. The summed E-state index contributed by atoms with van der Waals surface area (Å²) in [7, 11) is 0. The third kappa shape index (κ3) is 1.68. The van der Waals surface area contributed by atoms with Gasteiger partial charge in [-0.3, -0.25) is 4.98 Å². The Balaban J connectivity index is 2.33. The SMILES string of the molecule is Cc1cccc(-c2nnc(N)c3ccccc23)n1. The molecule has 0 aliphatic carbocycles. The standard InChI is InChI=1S/C14H12N4/c1-9-5-4-8-12(16-9)13-10-6-2-3-7-11(10)14(15)18-17-13/h2-8H,1H3,(H2,15,18). The van der Waals surface area contributed by atoms with E-state index >= 15 is 0 Å². The van der Waals surface area contributed by atoms with Gasteiger partial charge in [0.05, 0.1) is 5.69 Å². The van der Waals surface area contributed by atoms with Gasteiger partial charge < -0.3 is 5.73 Å². The molecule has 0 bridgehead atoms. The molecule has 0 aliphatic rings. The number of fused-ring (bicyclic) bond motifs is 1. The van der Waals surface area contributed by atoms with E-state index in [2.05, 4.69) is 15.2 Å². The van der Waals surface area contributed by atoms with Crippen molar-refractivity contribution in [2.24, 2.45) is 0 Å². The van der Waals surface area contributed by atoms with E-state index in [1.54, 1.807) is 0 Å². The zero-order valence-electron chi connectivity index (χ0n) is 9.96. The lowest BCUT2D eigenvalue weighted by Gasteiger charge is -2.06. The van der Waals surface area contributed by atoms with E-state index in [0.29, 0.717) is 5.82 Å². The Kier molecular flexibility index (Phi) is 2.41. The molecule has 0 radical (unpaired) electrons. The van der Waals surface area contributed by atoms with Crippen molar-refractivity contribution in [1.82, 2.24) is 15.2 Å². The van der Waals surface area contributed by atoms with Gasteiger partial charge in [0.2, 0.25) is 0 Å². The van der Waals surface area contributed by atoms with Crippen LogP contribution in [0, 0.1) is 6.92 Å². The lowest BCUT2D eigenvalue weighted by molar-refractivity contribution is 1.05. The molecule has 0 aliphatic heterocycles. The highest BCUT2D eigenvalue weighted by Crippen LogP contribution is 2.27. The third-order valence-electron chi connectivity index (χ3n) is 2.85. The van der Waals surface area contributed by atoms with Crippen LogP contribution < -0.4 is 5.73 Å². The summed E-state index contributed by atoms with van der Waals surface area (Å²) < 4.78 is 0. The van der Waals surface area contributed by atoms with E-state index in [1.165, 1.54) is 0 Å². The van der Waals surface area contributed by atoms with E-state index in [9.17, 15) is 0 Å². The Morgan fingerprint density at radius 3 is 2.44 bits per heavy atom. The lowest BCUT2D eigenvalue weighted by atomic mass is 10.1. The van der Waals surface area contributed by atoms with Crippen LogP contribution in [0.2, 0.25) is 0 Å². The first-order valence-electron chi connectivity index (χ1n) is 5.70. The smallest absolute Gasteiger partial charge is 0.154 e. The summed E-state index contributed by atoms with van der Waals surface area (Å²) in [5.41, 5.74) is 8.38. The zero-order chi connectivity index (χ0) is 12.5. The number of rotatable bonds is 1. The molecule has 2 heterocycles. The normalized spacial score (nSPS) is 10.7. The number of nitrogens with zero attached hydrogens (tertiary/aromatic N) is 3. The predicted molar refractivity (Wildman–Crippen MR) is 71.9 cm³/mol. The maximum Gasteiger partial charge on any atom is 0.154 e. The molecule has 2 aromatic heterocycles. The van der Waals surface area contributed by atoms with E-state index < -0.39 is 0 Å². The summed E-state index contributed by atoms with van der Waals surface area (Å²) in [4.78, 5) is 4.48. The minimum Gasteiger partial charge on any atom is -0.382 e. The summed E-state index contributed by atoms with van der Waals surface area (Å²) >= 11 is 0. The summed E-state index contributed by atoms with van der Waals surface area (Å²) in [6.07, 6.45) is 0. The monoisotopic (exact) mass is 236 g/mol. The number of anilines is 1. The molecule has 0 unspecified atom stereocenters. The maximum absolute atomic E-state index is 5.84. The second-order valence-electron chi connectivity index (χ2n) is 4.14. The van der Waals surface area contributed by atoms with Crippen molar-refractivity contribution in [3.05, 3.63) is 48.2 Å². The van der Waals surface area contributed by atoms with Crippen LogP contribution in [0.5, 0.6) is 0 Å². The zero-order valence-corrected chi connectivity index (χ0v) is 9.96. The Morgan fingerprint density at radius 2 is 1.67 bits per heavy atom. The third-order valence-corrected chi connectivity index (χ3v) is 2.85. The highest BCUT2D eigenvalue weighted by atomic mass is 15.1. The molecule has 4 nitrogen and oxygen atoms in total. The topological polar surface area (TPSA) is 64.7 Å². The molecule has 18 heavy (non-hydrogen) atoms. The van der Waals surface area contributed by atoms with E-state index in [0.717, 1.165) is 27.9 Å². The summed E-state index contributed by atoms with van der Waals surface area (Å²) in [6.45, 7) is 1.95. The van der Waals surface area contributed by atoms with Gasteiger partial charge in [0.1, 0.15) is 5.69 Å². The van der Waals surface area contributed by atoms with Gasteiger partial charge in [0, 0.05) is 16.5 Å². The molecule has 4 heteroatoms. The van der Waals surface area contributed by atoms with E-state index in [-0.39, 0.29) is 0 Å². The molecule has 0 saturated carbocycles. The first kappa shape index (κ1) is 10.7. The second-order valence-corrected chi connectivity index (χ2v) is 4.14. The number of aryl methyl sites for hydroxylation is 1. The average Bonchev–Trinajstić information content (AvgIpc) is 2.39. The van der Waals surface area contributed by atoms with Crippen LogP contribution in [0.15, 0.2) is 42.5 Å². The van der Waals surface area contributed by atoms with Crippen LogP contribution in [-0.4, -0.2) is 15.2 Å². The Hall–Kier alpha value is -2.49. The molecular weight excluding hydrogens is 224 g/mol. The van der Waals surface area contributed by atoms with Gasteiger partial charge >= 0.3 is 0 Å². The number of aromatic nitrogens is 3. The fraction of sp³-hybridized carbons (Fsp3) is 0.0714. The summed E-state index contributed by atoms with van der Waals surface area (Å²) in [5, 5.41) is 10.1. The van der Waals surface area contributed by atoms with E-state index in [4.69, 9.17) is 5.73 Å². The molecule has 1 aromatic carbocycles. The van der Waals surface area contributed by atoms with Crippen LogP contribution in [0.4, 0.5) is 5.82 Å². The first-order chi connectivity index (χ1) is 8.75. The molecule has 0 saturated heterocycles. The minimum absolute atomic E-state index is 0.446. The van der Waals surface area contributed by atoms with Crippen LogP contribution in [0.25, 0.3) is 22.2 Å². The first-order valence-corrected chi connectivity index (χ1v) is 5.70. The number of hydrogen-bond donors (Lipinski definition) is 1. The van der Waals surface area contributed by atoms with Gasteiger partial charge in [-0.15, -0.1) is 10.2 Å². The molecule has 0 amide bonds. The van der Waals surface area contributed by atoms with Crippen molar-refractivity contribution < 1.29 is 0 Å². The number of hydrogen-bond acceptors (Lipinski definition) is 4. The molecule has 0 spiro atoms. The maximum atomic E-state index is 5.84. The highest BCUT2D eigenvalue weighted by molar-refractivity contribution is 5.98. The van der Waals surface area contributed by atoms with Crippen molar-refractivity contribution in [1.29, 1.82) is 0 Å². The van der Waals surface area contributed by atoms with Crippen molar-refractivity contribution in [3.63, 3.8) is 0 Å². The second kappa shape index (κ2) is 4.07. The van der Waals surface area contributed by atoms with Crippen molar-refractivity contribution in [3.8, 4) is 11.4 Å². The predicted octanol–water partition coefficient (Wildman–Crippen LogP) is 2.58. The number of pyridine rings is 1.